The molecule has 0 unspecified atom stereocenters. The second kappa shape index (κ2) is 8.37. The van der Waals surface area contributed by atoms with Gasteiger partial charge in [0.25, 0.3) is 0 Å². The van der Waals surface area contributed by atoms with Gasteiger partial charge in [-0.25, -0.2) is 0 Å². The molecule has 1 saturated carbocycles. The van der Waals surface area contributed by atoms with Crippen molar-refractivity contribution in [1.29, 1.82) is 0 Å². The molecule has 1 aliphatic carbocycles. The average molecular weight is 412 g/mol. The lowest BCUT2D eigenvalue weighted by Gasteiger charge is -2.28. The van der Waals surface area contributed by atoms with Gasteiger partial charge >= 0.3 is 11.8 Å². The fourth-order valence-electron chi connectivity index (χ4n) is 4.38. The minimum Gasteiger partial charge on any atom is -0.347 e. The zero-order valence-corrected chi connectivity index (χ0v) is 17.1. The number of hydrogen-bond donors (Lipinski definition) is 2. The Hall–Kier alpha value is -2.67. The van der Waals surface area contributed by atoms with Gasteiger partial charge in [-0.3, -0.25) is 14.4 Å². The van der Waals surface area contributed by atoms with E-state index in [0.717, 1.165) is 37.8 Å². The van der Waals surface area contributed by atoms with Crippen LogP contribution < -0.4 is 15.5 Å². The van der Waals surface area contributed by atoms with E-state index in [1.165, 1.54) is 5.56 Å². The van der Waals surface area contributed by atoms with Crippen LogP contribution in [0.2, 0.25) is 0 Å². The van der Waals surface area contributed by atoms with Gasteiger partial charge in [0, 0.05) is 36.3 Å². The Bertz CT molecular complexity index is 904. The zero-order chi connectivity index (χ0) is 20.3. The number of anilines is 2. The van der Waals surface area contributed by atoms with Crippen LogP contribution in [0.5, 0.6) is 0 Å². The highest BCUT2D eigenvalue weighted by Gasteiger charge is 2.36. The maximum absolute atomic E-state index is 12.4. The fraction of sp³-hybridized carbons (Fsp3) is 0.409. The highest BCUT2D eigenvalue weighted by molar-refractivity contribution is 7.08. The SMILES string of the molecule is O=C(NCC1(c2ccsc2)CCCC1)C(=O)Nc1cccc(N2CCCC2=O)c1. The third-order valence-electron chi connectivity index (χ3n) is 5.98. The molecule has 1 aliphatic heterocycles. The monoisotopic (exact) mass is 411 g/mol. The summed E-state index contributed by atoms with van der Waals surface area (Å²) in [5.74, 6) is -1.23. The molecular formula is C22H25N3O3S. The van der Waals surface area contributed by atoms with E-state index in [4.69, 9.17) is 0 Å². The topological polar surface area (TPSA) is 78.5 Å². The molecule has 0 atom stereocenters. The van der Waals surface area contributed by atoms with E-state index in [1.807, 2.05) is 6.07 Å². The minimum atomic E-state index is -0.687. The first-order valence-electron chi connectivity index (χ1n) is 10.1. The molecule has 29 heavy (non-hydrogen) atoms. The van der Waals surface area contributed by atoms with E-state index in [9.17, 15) is 14.4 Å². The van der Waals surface area contributed by atoms with Gasteiger partial charge in [0.2, 0.25) is 5.91 Å². The van der Waals surface area contributed by atoms with E-state index in [2.05, 4.69) is 27.5 Å². The number of thiophene rings is 1. The molecular weight excluding hydrogens is 386 g/mol. The maximum Gasteiger partial charge on any atom is 0.313 e. The van der Waals surface area contributed by atoms with Crippen molar-refractivity contribution in [2.24, 2.45) is 0 Å². The van der Waals surface area contributed by atoms with Crippen LogP contribution in [0.3, 0.4) is 0 Å². The van der Waals surface area contributed by atoms with E-state index < -0.39 is 11.8 Å². The molecule has 2 fully saturated rings. The van der Waals surface area contributed by atoms with Crippen molar-refractivity contribution < 1.29 is 14.4 Å². The molecule has 2 aliphatic rings. The summed E-state index contributed by atoms with van der Waals surface area (Å²) in [7, 11) is 0. The number of nitrogens with zero attached hydrogens (tertiary/aromatic N) is 1. The smallest absolute Gasteiger partial charge is 0.313 e. The van der Waals surface area contributed by atoms with E-state index in [0.29, 0.717) is 25.2 Å². The van der Waals surface area contributed by atoms with Crippen molar-refractivity contribution >= 4 is 40.4 Å². The Labute approximate surface area is 174 Å². The molecule has 4 rings (SSSR count). The Morgan fingerprint density at radius 3 is 2.62 bits per heavy atom. The lowest BCUT2D eigenvalue weighted by atomic mass is 9.80. The summed E-state index contributed by atoms with van der Waals surface area (Å²) in [5.41, 5.74) is 2.44. The number of carbonyl (C=O) groups excluding carboxylic acids is 3. The van der Waals surface area contributed by atoms with Crippen LogP contribution in [-0.4, -0.2) is 30.8 Å². The van der Waals surface area contributed by atoms with Crippen LogP contribution in [0.1, 0.15) is 44.1 Å². The quantitative estimate of drug-likeness (QED) is 0.740. The van der Waals surface area contributed by atoms with Crippen LogP contribution in [0.4, 0.5) is 11.4 Å². The summed E-state index contributed by atoms with van der Waals surface area (Å²) < 4.78 is 0. The van der Waals surface area contributed by atoms with Gasteiger partial charge in [-0.1, -0.05) is 18.9 Å². The van der Waals surface area contributed by atoms with Crippen LogP contribution in [0.15, 0.2) is 41.1 Å². The molecule has 3 amide bonds. The van der Waals surface area contributed by atoms with E-state index in [1.54, 1.807) is 34.4 Å². The second-order valence-electron chi connectivity index (χ2n) is 7.84. The number of benzene rings is 1. The van der Waals surface area contributed by atoms with Gasteiger partial charge in [0.05, 0.1) is 0 Å². The molecule has 0 bridgehead atoms. The predicted molar refractivity (Wildman–Crippen MR) is 114 cm³/mol. The molecule has 0 radical (unpaired) electrons. The van der Waals surface area contributed by atoms with Crippen LogP contribution in [-0.2, 0) is 19.8 Å². The molecule has 2 N–H and O–H groups in total. The van der Waals surface area contributed by atoms with Gasteiger partial charge in [-0.15, -0.1) is 0 Å². The molecule has 7 heteroatoms. The summed E-state index contributed by atoms with van der Waals surface area (Å²) >= 11 is 1.66. The average Bonchev–Trinajstić information content (AvgIpc) is 3.48. The largest absolute Gasteiger partial charge is 0.347 e. The zero-order valence-electron chi connectivity index (χ0n) is 16.3. The summed E-state index contributed by atoms with van der Waals surface area (Å²) in [6.45, 7) is 1.15. The molecule has 2 aromatic rings. The van der Waals surface area contributed by atoms with Crippen molar-refractivity contribution in [3.63, 3.8) is 0 Å². The Balaban J connectivity index is 1.37. The minimum absolute atomic E-state index is 0.0635. The first kappa shape index (κ1) is 19.6. The number of amides is 3. The van der Waals surface area contributed by atoms with E-state index in [-0.39, 0.29) is 11.3 Å². The summed E-state index contributed by atoms with van der Waals surface area (Å²) in [5, 5.41) is 9.69. The van der Waals surface area contributed by atoms with Gasteiger partial charge < -0.3 is 15.5 Å². The van der Waals surface area contributed by atoms with Crippen molar-refractivity contribution in [2.45, 2.75) is 43.9 Å². The third-order valence-corrected chi connectivity index (χ3v) is 6.66. The van der Waals surface area contributed by atoms with Crippen molar-refractivity contribution in [2.75, 3.05) is 23.3 Å². The van der Waals surface area contributed by atoms with Crippen molar-refractivity contribution in [3.8, 4) is 0 Å². The van der Waals surface area contributed by atoms with Crippen LogP contribution in [0, 0.1) is 0 Å². The number of hydrogen-bond acceptors (Lipinski definition) is 4. The highest BCUT2D eigenvalue weighted by Crippen LogP contribution is 2.41. The predicted octanol–water partition coefficient (Wildman–Crippen LogP) is 3.44. The first-order chi connectivity index (χ1) is 14.1. The first-order valence-corrected chi connectivity index (χ1v) is 11.0. The Morgan fingerprint density at radius 1 is 1.10 bits per heavy atom. The van der Waals surface area contributed by atoms with Crippen molar-refractivity contribution in [3.05, 3.63) is 46.7 Å². The Morgan fingerprint density at radius 2 is 1.93 bits per heavy atom. The molecule has 152 valence electrons. The number of rotatable bonds is 5. The standard InChI is InChI=1S/C22H25N3O3S/c26-19-7-4-11-25(19)18-6-3-5-17(13-18)24-21(28)20(27)23-15-22(9-1-2-10-22)16-8-12-29-14-16/h3,5-6,8,12-14H,1-2,4,7,9-11,15H2,(H,23,27)(H,24,28). The van der Waals surface area contributed by atoms with Gasteiger partial charge in [-0.2, -0.15) is 11.3 Å². The van der Waals surface area contributed by atoms with Gasteiger partial charge in [-0.05, 0) is 59.9 Å². The number of carbonyl (C=O) groups is 3. The van der Waals surface area contributed by atoms with Crippen LogP contribution >= 0.6 is 11.3 Å². The lowest BCUT2D eigenvalue weighted by molar-refractivity contribution is -0.136. The van der Waals surface area contributed by atoms with Crippen molar-refractivity contribution in [1.82, 2.24) is 5.32 Å². The highest BCUT2D eigenvalue weighted by atomic mass is 32.1. The van der Waals surface area contributed by atoms with Crippen LogP contribution in [0.25, 0.3) is 0 Å². The van der Waals surface area contributed by atoms with E-state index >= 15 is 0 Å². The second-order valence-corrected chi connectivity index (χ2v) is 8.62. The molecule has 1 saturated heterocycles. The normalized spacial score (nSPS) is 18.1. The van der Waals surface area contributed by atoms with Gasteiger partial charge in [0.15, 0.2) is 0 Å². The molecule has 6 nitrogen and oxygen atoms in total. The Kier molecular flexibility index (Phi) is 5.67. The molecule has 2 heterocycles. The molecule has 1 aromatic carbocycles. The summed E-state index contributed by atoms with van der Waals surface area (Å²) in [6, 6.07) is 9.19. The lowest BCUT2D eigenvalue weighted by Crippen LogP contribution is -2.43. The summed E-state index contributed by atoms with van der Waals surface area (Å²) in [6.07, 6.45) is 5.71. The number of nitrogens with one attached hydrogen (secondary N) is 2. The maximum atomic E-state index is 12.4. The van der Waals surface area contributed by atoms with Gasteiger partial charge in [0.1, 0.15) is 0 Å². The summed E-state index contributed by atoms with van der Waals surface area (Å²) in [4.78, 5) is 38.5. The third kappa shape index (κ3) is 4.19. The molecule has 1 aromatic heterocycles. The molecule has 0 spiro atoms. The fourth-order valence-corrected chi connectivity index (χ4v) is 5.15.